The first kappa shape index (κ1) is 63.3. The number of aliphatic hydroxyl groups is 5. The quantitative estimate of drug-likeness (QED) is 0.0261. The van der Waals surface area contributed by atoms with Crippen molar-refractivity contribution in [3.05, 3.63) is 134 Å². The molecule has 69 heavy (non-hydrogen) atoms. The third-order valence-corrected chi connectivity index (χ3v) is 11.7. The molecule has 1 rings (SSSR count). The van der Waals surface area contributed by atoms with Gasteiger partial charge in [0.15, 0.2) is 6.29 Å². The number of allylic oxidation sites excluding steroid dienone is 21. The molecule has 1 amide bonds. The third-order valence-electron chi connectivity index (χ3n) is 11.7. The topological polar surface area (TPSA) is 149 Å². The zero-order valence-corrected chi connectivity index (χ0v) is 43.0. The van der Waals surface area contributed by atoms with E-state index in [-0.39, 0.29) is 12.5 Å². The normalized spacial score (nSPS) is 20.6. The van der Waals surface area contributed by atoms with Crippen molar-refractivity contribution in [1.29, 1.82) is 0 Å². The van der Waals surface area contributed by atoms with E-state index in [0.717, 1.165) is 116 Å². The van der Waals surface area contributed by atoms with Crippen LogP contribution in [-0.4, -0.2) is 87.5 Å². The number of rotatable bonds is 43. The molecule has 9 nitrogen and oxygen atoms in total. The smallest absolute Gasteiger partial charge is 0.220 e. The summed E-state index contributed by atoms with van der Waals surface area (Å²) in [4.78, 5) is 13.0. The van der Waals surface area contributed by atoms with Gasteiger partial charge in [0.2, 0.25) is 5.91 Å². The van der Waals surface area contributed by atoms with Gasteiger partial charge in [-0.25, -0.2) is 0 Å². The van der Waals surface area contributed by atoms with Crippen molar-refractivity contribution in [2.24, 2.45) is 0 Å². The molecule has 0 aliphatic carbocycles. The van der Waals surface area contributed by atoms with Gasteiger partial charge in [0.25, 0.3) is 0 Å². The lowest BCUT2D eigenvalue weighted by molar-refractivity contribution is -0.302. The standard InChI is InChI=1S/C60H97NO8/c1-3-5-7-9-11-13-15-17-18-19-20-21-22-23-24-25-26-27-28-29-30-31-32-33-34-35-36-38-40-42-44-46-48-50-56(64)61-53(52-68-60-59(67)58(66)57(65)55(51-62)69-60)54(63)49-47-45-43-41-39-37-16-14-12-10-8-6-4-2/h5,7,11,13,17-18,20-21,23-24,26-27,29-30,32-33,35-36,39,41,47,49,53-55,57-60,62-63,65-67H,3-4,6,8-10,12,14-16,19,22,25,28,31,34,37-38,40,42-46,48,50-52H2,1-2H3,(H,61,64)/b7-5-,13-11-,18-17-,21-20-,24-23-,27-26-,30-29-,33-32-,36-35-,41-39+,49-47+. The average molecular weight is 960 g/mol. The van der Waals surface area contributed by atoms with Gasteiger partial charge in [-0.15, -0.1) is 0 Å². The highest BCUT2D eigenvalue weighted by atomic mass is 16.7. The predicted molar refractivity (Wildman–Crippen MR) is 290 cm³/mol. The average Bonchev–Trinajstić information content (AvgIpc) is 3.35. The molecule has 0 spiro atoms. The number of ether oxygens (including phenoxy) is 2. The second-order valence-electron chi connectivity index (χ2n) is 17.9. The maximum absolute atomic E-state index is 13.0. The Hall–Kier alpha value is -3.67. The van der Waals surface area contributed by atoms with Crippen molar-refractivity contribution in [2.45, 2.75) is 224 Å². The maximum Gasteiger partial charge on any atom is 0.220 e. The molecule has 1 aliphatic heterocycles. The van der Waals surface area contributed by atoms with E-state index in [0.29, 0.717) is 6.42 Å². The fourth-order valence-corrected chi connectivity index (χ4v) is 7.46. The van der Waals surface area contributed by atoms with Crippen LogP contribution in [0.15, 0.2) is 134 Å². The number of amides is 1. The van der Waals surface area contributed by atoms with Crippen LogP contribution in [0.5, 0.6) is 0 Å². The summed E-state index contributed by atoms with van der Waals surface area (Å²) in [5, 5.41) is 54.3. The molecule has 6 N–H and O–H groups in total. The van der Waals surface area contributed by atoms with Gasteiger partial charge < -0.3 is 40.3 Å². The number of carbonyl (C=O) groups excluding carboxylic acids is 1. The van der Waals surface area contributed by atoms with Crippen LogP contribution in [0.3, 0.4) is 0 Å². The minimum absolute atomic E-state index is 0.213. The molecule has 0 saturated carbocycles. The number of nitrogens with one attached hydrogen (secondary N) is 1. The fraction of sp³-hybridized carbons (Fsp3) is 0.617. The molecule has 9 heteroatoms. The largest absolute Gasteiger partial charge is 0.394 e. The van der Waals surface area contributed by atoms with Crippen LogP contribution in [-0.2, 0) is 14.3 Å². The summed E-state index contributed by atoms with van der Waals surface area (Å²) < 4.78 is 11.2. The van der Waals surface area contributed by atoms with Crippen LogP contribution >= 0.6 is 0 Å². The minimum atomic E-state index is -1.58. The second-order valence-corrected chi connectivity index (χ2v) is 17.9. The Balaban J connectivity index is 2.26. The Bertz CT molecular complexity index is 1530. The molecule has 0 aromatic carbocycles. The van der Waals surface area contributed by atoms with E-state index in [1.807, 2.05) is 6.08 Å². The van der Waals surface area contributed by atoms with Crippen molar-refractivity contribution in [1.82, 2.24) is 5.32 Å². The SMILES string of the molecule is CC/C=C\C/C=C\C/C=C\C/C=C\C/C=C\C/C=C\C/C=C\C/C=C\C/C=C\CCCCCCCC(=O)NC(COC1OC(CO)C(O)C(O)C1O)C(O)/C=C/CC/C=C/CCCCCCCCC. The Morgan fingerprint density at radius 2 is 0.913 bits per heavy atom. The number of unbranched alkanes of at least 4 members (excludes halogenated alkanes) is 13. The van der Waals surface area contributed by atoms with Crippen LogP contribution in [0.4, 0.5) is 0 Å². The summed E-state index contributed by atoms with van der Waals surface area (Å²) >= 11 is 0. The van der Waals surface area contributed by atoms with Crippen LogP contribution in [0, 0.1) is 0 Å². The molecule has 1 heterocycles. The van der Waals surface area contributed by atoms with E-state index in [1.165, 1.54) is 44.9 Å². The van der Waals surface area contributed by atoms with Crippen molar-refractivity contribution in [3.63, 3.8) is 0 Å². The first-order valence-corrected chi connectivity index (χ1v) is 26.9. The molecule has 390 valence electrons. The van der Waals surface area contributed by atoms with E-state index < -0.39 is 49.5 Å². The highest BCUT2D eigenvalue weighted by Gasteiger charge is 2.44. The minimum Gasteiger partial charge on any atom is -0.394 e. The number of hydrogen-bond acceptors (Lipinski definition) is 8. The van der Waals surface area contributed by atoms with E-state index >= 15 is 0 Å². The Kier molecular flexibility index (Phi) is 44.0. The molecule has 0 aromatic heterocycles. The number of hydrogen-bond donors (Lipinski definition) is 6. The first-order valence-electron chi connectivity index (χ1n) is 26.9. The summed E-state index contributed by atoms with van der Waals surface area (Å²) in [5.74, 6) is -0.213. The van der Waals surface area contributed by atoms with Gasteiger partial charge in [0, 0.05) is 6.42 Å². The third kappa shape index (κ3) is 37.8. The Morgan fingerprint density at radius 1 is 0.507 bits per heavy atom. The molecule has 0 radical (unpaired) electrons. The lowest BCUT2D eigenvalue weighted by Gasteiger charge is -2.40. The monoisotopic (exact) mass is 960 g/mol. The van der Waals surface area contributed by atoms with Crippen molar-refractivity contribution < 1.29 is 39.8 Å². The van der Waals surface area contributed by atoms with E-state index in [9.17, 15) is 30.3 Å². The van der Waals surface area contributed by atoms with Crippen LogP contribution in [0.2, 0.25) is 0 Å². The molecule has 1 saturated heterocycles. The van der Waals surface area contributed by atoms with E-state index in [1.54, 1.807) is 6.08 Å². The maximum atomic E-state index is 13.0. The van der Waals surface area contributed by atoms with Gasteiger partial charge in [-0.3, -0.25) is 4.79 Å². The second kappa shape index (κ2) is 48.0. The zero-order valence-electron chi connectivity index (χ0n) is 43.0. The molecule has 0 aromatic rings. The predicted octanol–water partition coefficient (Wildman–Crippen LogP) is 12.9. The van der Waals surface area contributed by atoms with Gasteiger partial charge in [-0.2, -0.15) is 0 Å². The lowest BCUT2D eigenvalue weighted by atomic mass is 9.99. The van der Waals surface area contributed by atoms with Gasteiger partial charge in [-0.05, 0) is 103 Å². The van der Waals surface area contributed by atoms with Crippen LogP contribution < -0.4 is 5.32 Å². The number of carbonyl (C=O) groups is 1. The van der Waals surface area contributed by atoms with Gasteiger partial charge >= 0.3 is 0 Å². The highest BCUT2D eigenvalue weighted by Crippen LogP contribution is 2.22. The molecule has 7 atom stereocenters. The summed E-state index contributed by atoms with van der Waals surface area (Å²) in [5.41, 5.74) is 0. The summed E-state index contributed by atoms with van der Waals surface area (Å²) in [7, 11) is 0. The molecule has 1 aliphatic rings. The van der Waals surface area contributed by atoms with E-state index in [4.69, 9.17) is 9.47 Å². The molecule has 1 fully saturated rings. The summed E-state index contributed by atoms with van der Waals surface area (Å²) in [6.07, 6.45) is 66.5. The molecular formula is C60H97NO8. The van der Waals surface area contributed by atoms with Crippen LogP contribution in [0.25, 0.3) is 0 Å². The number of aliphatic hydroxyl groups excluding tert-OH is 5. The highest BCUT2D eigenvalue weighted by molar-refractivity contribution is 5.76. The molecular weight excluding hydrogens is 863 g/mol. The molecule has 0 bridgehead atoms. The Labute approximate surface area is 420 Å². The van der Waals surface area contributed by atoms with Gasteiger partial charge in [0.1, 0.15) is 24.4 Å². The Morgan fingerprint density at radius 3 is 1.39 bits per heavy atom. The van der Waals surface area contributed by atoms with Crippen molar-refractivity contribution in [2.75, 3.05) is 13.2 Å². The van der Waals surface area contributed by atoms with Crippen LogP contribution in [0.1, 0.15) is 181 Å². The van der Waals surface area contributed by atoms with Crippen molar-refractivity contribution in [3.8, 4) is 0 Å². The van der Waals surface area contributed by atoms with Crippen molar-refractivity contribution >= 4 is 5.91 Å². The summed E-state index contributed by atoms with van der Waals surface area (Å²) in [6, 6.07) is -0.842. The zero-order chi connectivity index (χ0) is 50.1. The van der Waals surface area contributed by atoms with Gasteiger partial charge in [-0.1, -0.05) is 205 Å². The van der Waals surface area contributed by atoms with E-state index in [2.05, 4.69) is 141 Å². The van der Waals surface area contributed by atoms with Gasteiger partial charge in [0.05, 0.1) is 25.4 Å². The summed E-state index contributed by atoms with van der Waals surface area (Å²) in [6.45, 7) is 3.60. The molecule has 7 unspecified atom stereocenters. The lowest BCUT2D eigenvalue weighted by Crippen LogP contribution is -2.60. The first-order chi connectivity index (χ1) is 33.8. The fourth-order valence-electron chi connectivity index (χ4n) is 7.46.